The molecule has 0 aromatic carbocycles. The third-order valence-corrected chi connectivity index (χ3v) is 9.82. The van der Waals surface area contributed by atoms with Gasteiger partial charge in [0.2, 0.25) is 10.9 Å². The average Bonchev–Trinajstić information content (AvgIpc) is 3.47. The summed E-state index contributed by atoms with van der Waals surface area (Å²) in [4.78, 5) is 38.9. The van der Waals surface area contributed by atoms with Crippen LogP contribution in [0.5, 0.6) is 0 Å². The van der Waals surface area contributed by atoms with Gasteiger partial charge in [-0.25, -0.2) is 13.6 Å². The van der Waals surface area contributed by atoms with Crippen molar-refractivity contribution >= 4 is 28.6 Å². The third-order valence-electron chi connectivity index (χ3n) is 9.15. The molecule has 9 atom stereocenters. The van der Waals surface area contributed by atoms with Gasteiger partial charge in [-0.2, -0.15) is 0 Å². The Morgan fingerprint density at radius 3 is 2.68 bits per heavy atom. The fourth-order valence-corrected chi connectivity index (χ4v) is 8.29. The molecule has 1 aromatic rings. The van der Waals surface area contributed by atoms with E-state index in [-0.39, 0.29) is 30.6 Å². The normalized spacial score (nSPS) is 43.5. The van der Waals surface area contributed by atoms with Crippen molar-refractivity contribution < 1.29 is 37.4 Å². The quantitative estimate of drug-likeness (QED) is 0.442. The first-order valence-corrected chi connectivity index (χ1v) is 13.7. The van der Waals surface area contributed by atoms with Crippen LogP contribution in [0.25, 0.3) is 0 Å². The molecule has 6 nitrogen and oxygen atoms in total. The maximum Gasteiger partial charge on any atom is 0.375 e. The maximum absolute atomic E-state index is 16.7. The number of rotatable bonds is 3. The van der Waals surface area contributed by atoms with Gasteiger partial charge >= 0.3 is 5.97 Å². The van der Waals surface area contributed by atoms with Crippen LogP contribution in [0, 0.1) is 28.6 Å². The first-order valence-electron chi connectivity index (χ1n) is 12.5. The number of hydrogen-bond acceptors (Lipinski definition) is 7. The molecule has 37 heavy (non-hydrogen) atoms. The molecule has 0 amide bonds. The molecule has 2 saturated carbocycles. The Bertz CT molecular complexity index is 1210. The maximum atomic E-state index is 16.7. The van der Waals surface area contributed by atoms with E-state index >= 15 is 8.78 Å². The molecular weight excluding hydrogens is 502 g/mol. The molecule has 1 N–H and O–H groups in total. The van der Waals surface area contributed by atoms with Gasteiger partial charge in [-0.05, 0) is 67.2 Å². The second kappa shape index (κ2) is 9.05. The molecule has 198 valence electrons. The zero-order valence-corrected chi connectivity index (χ0v) is 21.7. The molecule has 9 heteroatoms. The van der Waals surface area contributed by atoms with E-state index in [4.69, 9.17) is 9.15 Å². The second-order valence-electron chi connectivity index (χ2n) is 10.9. The summed E-state index contributed by atoms with van der Waals surface area (Å²) in [5, 5.41) is 10.7. The number of thioether (sulfide) groups is 1. The molecule has 4 aliphatic carbocycles. The number of allylic oxidation sites excluding steroid dienone is 5. The highest BCUT2D eigenvalue weighted by Gasteiger charge is 2.71. The molecular formula is C28H30F2O6S. The van der Waals surface area contributed by atoms with Crippen molar-refractivity contribution in [1.82, 2.24) is 0 Å². The molecule has 1 spiro atoms. The molecule has 2 fully saturated rings. The van der Waals surface area contributed by atoms with Crippen LogP contribution in [-0.2, 0) is 14.3 Å². The minimum Gasteiger partial charge on any atom is -0.457 e. The molecule has 0 radical (unpaired) electrons. The summed E-state index contributed by atoms with van der Waals surface area (Å²) < 4.78 is 43.7. The van der Waals surface area contributed by atoms with Gasteiger partial charge in [0.15, 0.2) is 11.4 Å². The van der Waals surface area contributed by atoms with Crippen LogP contribution in [-0.4, -0.2) is 52.3 Å². The fourth-order valence-electron chi connectivity index (χ4n) is 7.51. The Balaban J connectivity index is 1.67. The molecule has 1 heterocycles. The number of carbonyl (C=O) groups is 3. The van der Waals surface area contributed by atoms with E-state index in [1.807, 2.05) is 0 Å². The van der Waals surface area contributed by atoms with Crippen LogP contribution < -0.4 is 0 Å². The van der Waals surface area contributed by atoms with Gasteiger partial charge in [0, 0.05) is 11.3 Å². The SMILES string of the molecule is CSC(=O)[C@@]1(OC(=O)c2ccco2)[C@H](C)CC2C3C[C@H](F)C4=CC(=O)C=C[C@]4(/C=C/[C@@H](O)C[C@@]21C)[C@@H]3F. The highest BCUT2D eigenvalue weighted by atomic mass is 32.2. The van der Waals surface area contributed by atoms with Gasteiger partial charge in [-0.15, -0.1) is 0 Å². The van der Waals surface area contributed by atoms with E-state index in [0.717, 1.165) is 17.8 Å². The third kappa shape index (κ3) is 3.64. The highest BCUT2D eigenvalue weighted by molar-refractivity contribution is 8.13. The van der Waals surface area contributed by atoms with Crippen molar-refractivity contribution in [2.24, 2.45) is 28.6 Å². The van der Waals surface area contributed by atoms with E-state index < -0.39 is 69.5 Å². The molecule has 2 bridgehead atoms. The van der Waals surface area contributed by atoms with Crippen LogP contribution >= 0.6 is 11.8 Å². The first kappa shape index (κ1) is 26.1. The van der Waals surface area contributed by atoms with E-state index in [2.05, 4.69) is 0 Å². The van der Waals surface area contributed by atoms with Crippen LogP contribution in [0.3, 0.4) is 0 Å². The summed E-state index contributed by atoms with van der Waals surface area (Å²) in [5.41, 5.74) is -4.40. The van der Waals surface area contributed by atoms with Crippen molar-refractivity contribution in [1.29, 1.82) is 0 Å². The van der Waals surface area contributed by atoms with Crippen molar-refractivity contribution in [3.8, 4) is 0 Å². The van der Waals surface area contributed by atoms with Crippen LogP contribution in [0.15, 0.2) is 58.8 Å². The number of aliphatic hydroxyl groups excluding tert-OH is 1. The minimum absolute atomic E-state index is 0.00577. The number of ketones is 1. The van der Waals surface area contributed by atoms with Crippen LogP contribution in [0.4, 0.5) is 8.78 Å². The van der Waals surface area contributed by atoms with E-state index in [9.17, 15) is 19.5 Å². The molecule has 0 aliphatic heterocycles. The van der Waals surface area contributed by atoms with Gasteiger partial charge < -0.3 is 14.3 Å². The van der Waals surface area contributed by atoms with Crippen LogP contribution in [0.1, 0.15) is 43.7 Å². The largest absolute Gasteiger partial charge is 0.457 e. The lowest BCUT2D eigenvalue weighted by Gasteiger charge is -2.51. The Labute approximate surface area is 218 Å². The number of hydrogen-bond donors (Lipinski definition) is 1. The van der Waals surface area contributed by atoms with Gasteiger partial charge in [0.25, 0.3) is 0 Å². The monoisotopic (exact) mass is 532 g/mol. The van der Waals surface area contributed by atoms with Crippen molar-refractivity contribution in [2.45, 2.75) is 57.2 Å². The molecule has 0 saturated heterocycles. The summed E-state index contributed by atoms with van der Waals surface area (Å²) >= 11 is 0.906. The van der Waals surface area contributed by atoms with Gasteiger partial charge in [-0.1, -0.05) is 43.8 Å². The Morgan fingerprint density at radius 2 is 2.00 bits per heavy atom. The van der Waals surface area contributed by atoms with E-state index in [1.54, 1.807) is 20.1 Å². The molecule has 4 aliphatic rings. The number of carbonyl (C=O) groups excluding carboxylic acids is 3. The molecule has 5 rings (SSSR count). The van der Waals surface area contributed by atoms with Crippen molar-refractivity contribution in [3.63, 3.8) is 0 Å². The Kier molecular flexibility index (Phi) is 6.38. The lowest BCUT2D eigenvalue weighted by Crippen LogP contribution is -2.59. The number of furan rings is 1. The van der Waals surface area contributed by atoms with Gasteiger partial charge in [0.05, 0.1) is 17.8 Å². The van der Waals surface area contributed by atoms with E-state index in [1.165, 1.54) is 42.7 Å². The summed E-state index contributed by atoms with van der Waals surface area (Å²) in [6.45, 7) is 3.52. The number of esters is 1. The zero-order chi connectivity index (χ0) is 26.8. The smallest absolute Gasteiger partial charge is 0.375 e. The number of alkyl halides is 2. The summed E-state index contributed by atoms with van der Waals surface area (Å²) in [6, 6.07) is 2.96. The number of halogens is 2. The predicted molar refractivity (Wildman–Crippen MR) is 133 cm³/mol. The summed E-state index contributed by atoms with van der Waals surface area (Å²) in [6.07, 6.45) is 5.34. The topological polar surface area (TPSA) is 93.8 Å². The minimum atomic E-state index is -1.71. The van der Waals surface area contributed by atoms with Gasteiger partial charge in [-0.3, -0.25) is 9.59 Å². The fraction of sp³-hybridized carbons (Fsp3) is 0.536. The zero-order valence-electron chi connectivity index (χ0n) is 20.9. The molecule has 2 unspecified atom stereocenters. The average molecular weight is 533 g/mol. The summed E-state index contributed by atoms with van der Waals surface area (Å²) in [5.74, 6) is -3.31. The highest BCUT2D eigenvalue weighted by Crippen LogP contribution is 2.66. The summed E-state index contributed by atoms with van der Waals surface area (Å²) in [7, 11) is 0. The standard InChI is InChI=1S/C28H30F2O6S/c1-15-11-19-18-13-21(29)20-12-16(31)6-8-27(20,23(18)30)9-7-17(32)14-26(19,2)28(15,25(34)37-3)36-24(33)22-5-4-10-35-22/h4-10,12,15,17-19,21,23,32H,11,13-14H2,1-3H3/b9-7+/t15-,17-,18?,19?,21+,23-,26+,27-,28+/m1/s1. The number of ether oxygens (including phenoxy) is 1. The number of fused-ring (bicyclic) bond motifs is 3. The number of aliphatic hydroxyl groups is 1. The molecule has 1 aromatic heterocycles. The van der Waals surface area contributed by atoms with E-state index in [0.29, 0.717) is 0 Å². The first-order chi connectivity index (χ1) is 17.5. The lowest BCUT2D eigenvalue weighted by molar-refractivity contribution is -0.156. The lowest BCUT2D eigenvalue weighted by atomic mass is 9.56. The second-order valence-corrected chi connectivity index (χ2v) is 11.7. The van der Waals surface area contributed by atoms with Gasteiger partial charge in [0.1, 0.15) is 12.3 Å². The van der Waals surface area contributed by atoms with Crippen LogP contribution in [0.2, 0.25) is 0 Å². The Hall–Kier alpha value is -2.52. The van der Waals surface area contributed by atoms with Crippen molar-refractivity contribution in [2.75, 3.05) is 6.26 Å². The Morgan fingerprint density at radius 1 is 1.24 bits per heavy atom. The predicted octanol–water partition coefficient (Wildman–Crippen LogP) is 4.80. The van der Waals surface area contributed by atoms with Crippen molar-refractivity contribution in [3.05, 3.63) is 60.1 Å².